The number of nitrogens with zero attached hydrogens (tertiary/aromatic N) is 3. The summed E-state index contributed by atoms with van der Waals surface area (Å²) in [5, 5.41) is 14.1. The van der Waals surface area contributed by atoms with Crippen LogP contribution < -0.4 is 0 Å². The number of halogens is 1. The van der Waals surface area contributed by atoms with Gasteiger partial charge in [-0.05, 0) is 48.2 Å². The van der Waals surface area contributed by atoms with Crippen LogP contribution >= 0.6 is 11.6 Å². The van der Waals surface area contributed by atoms with Crippen LogP contribution in [0.3, 0.4) is 0 Å². The summed E-state index contributed by atoms with van der Waals surface area (Å²) >= 11 is 6.04. The maximum atomic E-state index is 13.3. The Hall–Kier alpha value is -2.34. The molecule has 0 saturated carbocycles. The summed E-state index contributed by atoms with van der Waals surface area (Å²) in [5.74, 6) is 0.0546. The molecule has 2 aliphatic rings. The number of benzene rings is 2. The topological polar surface area (TPSA) is 47.0 Å². The molecule has 1 saturated heterocycles. The molecule has 5 nitrogen and oxygen atoms in total. The number of aliphatic hydroxyl groups is 1. The van der Waals surface area contributed by atoms with Gasteiger partial charge >= 0.3 is 0 Å². The van der Waals surface area contributed by atoms with E-state index in [1.807, 2.05) is 54.4 Å². The quantitative estimate of drug-likeness (QED) is 0.819. The van der Waals surface area contributed by atoms with E-state index < -0.39 is 0 Å². The lowest BCUT2D eigenvalue weighted by Crippen LogP contribution is -2.55. The van der Waals surface area contributed by atoms with Gasteiger partial charge in [0, 0.05) is 31.8 Å². The second-order valence-corrected chi connectivity index (χ2v) is 8.23. The number of amides is 1. The minimum absolute atomic E-state index is 0.0153. The van der Waals surface area contributed by atoms with Crippen LogP contribution in [0, 0.1) is 0 Å². The lowest BCUT2D eigenvalue weighted by molar-refractivity contribution is -0.140. The molecule has 0 spiro atoms. The van der Waals surface area contributed by atoms with Gasteiger partial charge in [0.15, 0.2) is 0 Å². The van der Waals surface area contributed by atoms with Crippen LogP contribution in [0.1, 0.15) is 29.7 Å². The molecule has 2 atom stereocenters. The van der Waals surface area contributed by atoms with Crippen molar-refractivity contribution in [2.75, 3.05) is 20.2 Å². The van der Waals surface area contributed by atoms with Gasteiger partial charge in [0.2, 0.25) is 0 Å². The summed E-state index contributed by atoms with van der Waals surface area (Å²) in [4.78, 5) is 15.2. The number of fused-ring (bicyclic) bond motifs is 1. The summed E-state index contributed by atoms with van der Waals surface area (Å²) in [6.07, 6.45) is 2.68. The van der Waals surface area contributed by atoms with E-state index in [4.69, 9.17) is 11.6 Å². The van der Waals surface area contributed by atoms with Crippen LogP contribution in [0.2, 0.25) is 5.02 Å². The maximum absolute atomic E-state index is 13.3. The second-order valence-electron chi connectivity index (χ2n) is 7.79. The van der Waals surface area contributed by atoms with E-state index in [1.54, 1.807) is 0 Å². The van der Waals surface area contributed by atoms with E-state index in [0.717, 1.165) is 22.4 Å². The average Bonchev–Trinajstić information content (AvgIpc) is 3.05. The second kappa shape index (κ2) is 8.19. The van der Waals surface area contributed by atoms with Crippen molar-refractivity contribution in [1.29, 1.82) is 0 Å². The highest BCUT2D eigenvalue weighted by Gasteiger charge is 2.42. The number of aliphatic hydroxyl groups excluding tert-OH is 1. The molecule has 152 valence electrons. The van der Waals surface area contributed by atoms with Crippen molar-refractivity contribution in [3.8, 4) is 0 Å². The summed E-state index contributed by atoms with van der Waals surface area (Å²) in [7, 11) is 2.03. The Morgan fingerprint density at radius 2 is 1.86 bits per heavy atom. The monoisotopic (exact) mass is 411 g/mol. The standard InChI is InChI=1S/C23H26ClN3O2/c1-16-14-26(15-18-5-3-4-17(12-18)10-11-28)23(29)22-13-21(25(2)27(16)22)19-6-8-20(24)9-7-19/h3-9,12-13,16,21,28H,10-11,14-15H2,1-2H3. The van der Waals surface area contributed by atoms with Crippen LogP contribution in [-0.2, 0) is 17.8 Å². The Morgan fingerprint density at radius 3 is 2.59 bits per heavy atom. The fraction of sp³-hybridized carbons (Fsp3) is 0.348. The number of rotatable bonds is 5. The molecular formula is C23H26ClN3O2. The molecular weight excluding hydrogens is 386 g/mol. The molecule has 2 aromatic rings. The number of hydrazine groups is 1. The average molecular weight is 412 g/mol. The number of hydrogen-bond donors (Lipinski definition) is 1. The van der Waals surface area contributed by atoms with Crippen molar-refractivity contribution in [3.63, 3.8) is 0 Å². The van der Waals surface area contributed by atoms with E-state index in [-0.39, 0.29) is 24.6 Å². The minimum Gasteiger partial charge on any atom is -0.396 e. The molecule has 2 unspecified atom stereocenters. The third-order valence-electron chi connectivity index (χ3n) is 5.69. The van der Waals surface area contributed by atoms with Crippen LogP contribution in [0.5, 0.6) is 0 Å². The fourth-order valence-electron chi connectivity index (χ4n) is 4.34. The highest BCUT2D eigenvalue weighted by atomic mass is 35.5. The third kappa shape index (κ3) is 3.90. The van der Waals surface area contributed by atoms with E-state index in [0.29, 0.717) is 24.5 Å². The van der Waals surface area contributed by atoms with Crippen LogP contribution in [-0.4, -0.2) is 52.2 Å². The predicted molar refractivity (Wildman–Crippen MR) is 114 cm³/mol. The first-order chi connectivity index (χ1) is 14.0. The zero-order valence-electron chi connectivity index (χ0n) is 16.8. The Bertz CT molecular complexity index is 928. The van der Waals surface area contributed by atoms with Gasteiger partial charge in [-0.2, -0.15) is 0 Å². The third-order valence-corrected chi connectivity index (χ3v) is 5.94. The first kappa shape index (κ1) is 20.0. The normalized spacial score (nSPS) is 22.1. The van der Waals surface area contributed by atoms with Gasteiger partial charge < -0.3 is 10.0 Å². The number of piperazine rings is 1. The molecule has 29 heavy (non-hydrogen) atoms. The van der Waals surface area contributed by atoms with Crippen molar-refractivity contribution < 1.29 is 9.90 Å². The molecule has 1 amide bonds. The molecule has 0 aliphatic carbocycles. The Kier molecular flexibility index (Phi) is 5.63. The van der Waals surface area contributed by atoms with Gasteiger partial charge in [0.25, 0.3) is 5.91 Å². The summed E-state index contributed by atoms with van der Waals surface area (Å²) < 4.78 is 0. The van der Waals surface area contributed by atoms with Crippen LogP contribution in [0.4, 0.5) is 0 Å². The molecule has 2 heterocycles. The predicted octanol–water partition coefficient (Wildman–Crippen LogP) is 3.39. The zero-order chi connectivity index (χ0) is 20.5. The van der Waals surface area contributed by atoms with Gasteiger partial charge in [-0.1, -0.05) is 48.0 Å². The van der Waals surface area contributed by atoms with Crippen LogP contribution in [0.15, 0.2) is 60.3 Å². The lowest BCUT2D eigenvalue weighted by Gasteiger charge is -2.43. The summed E-state index contributed by atoms with van der Waals surface area (Å²) in [6.45, 7) is 3.51. The molecule has 2 aliphatic heterocycles. The molecule has 0 aromatic heterocycles. The molecule has 1 fully saturated rings. The summed E-state index contributed by atoms with van der Waals surface area (Å²) in [6, 6.07) is 16.1. The van der Waals surface area contributed by atoms with Crippen LogP contribution in [0.25, 0.3) is 0 Å². The van der Waals surface area contributed by atoms with E-state index >= 15 is 0 Å². The van der Waals surface area contributed by atoms with Crippen molar-refractivity contribution in [1.82, 2.24) is 14.9 Å². The maximum Gasteiger partial charge on any atom is 0.271 e. The highest BCUT2D eigenvalue weighted by molar-refractivity contribution is 6.30. The van der Waals surface area contributed by atoms with Gasteiger partial charge in [-0.3, -0.25) is 9.80 Å². The Morgan fingerprint density at radius 1 is 1.14 bits per heavy atom. The zero-order valence-corrected chi connectivity index (χ0v) is 17.5. The largest absolute Gasteiger partial charge is 0.396 e. The van der Waals surface area contributed by atoms with Crippen molar-refractivity contribution >= 4 is 17.5 Å². The van der Waals surface area contributed by atoms with Gasteiger partial charge in [-0.25, -0.2) is 5.01 Å². The van der Waals surface area contributed by atoms with Crippen molar-refractivity contribution in [2.45, 2.75) is 32.0 Å². The minimum atomic E-state index is 0.0153. The SMILES string of the molecule is CC1CN(Cc2cccc(CCO)c2)C(=O)C2=CC(c3ccc(Cl)cc3)N(C)N21. The number of likely N-dealkylation sites (N-methyl/N-ethyl adjacent to an activating group) is 1. The van der Waals surface area contributed by atoms with E-state index in [1.165, 1.54) is 0 Å². The smallest absolute Gasteiger partial charge is 0.271 e. The number of carbonyl (C=O) groups excluding carboxylic acids is 1. The Balaban J connectivity index is 1.57. The first-order valence-corrected chi connectivity index (χ1v) is 10.3. The Labute approximate surface area is 176 Å². The van der Waals surface area contributed by atoms with Gasteiger partial charge in [0.05, 0.1) is 12.1 Å². The molecule has 6 heteroatoms. The fourth-order valence-corrected chi connectivity index (χ4v) is 4.46. The number of carbonyl (C=O) groups is 1. The molecule has 0 radical (unpaired) electrons. The van der Waals surface area contributed by atoms with E-state index in [9.17, 15) is 9.90 Å². The molecule has 2 aromatic carbocycles. The molecule has 0 bridgehead atoms. The number of hydrogen-bond acceptors (Lipinski definition) is 4. The van der Waals surface area contributed by atoms with E-state index in [2.05, 4.69) is 29.1 Å². The van der Waals surface area contributed by atoms with Crippen molar-refractivity contribution in [2.24, 2.45) is 0 Å². The molecule has 4 rings (SSSR count). The van der Waals surface area contributed by atoms with Gasteiger partial charge in [0.1, 0.15) is 5.70 Å². The summed E-state index contributed by atoms with van der Waals surface area (Å²) in [5.41, 5.74) is 4.03. The molecule has 1 N–H and O–H groups in total. The lowest BCUT2D eigenvalue weighted by atomic mass is 10.1. The van der Waals surface area contributed by atoms with Gasteiger partial charge in [-0.15, -0.1) is 0 Å². The first-order valence-electron chi connectivity index (χ1n) is 9.95. The highest BCUT2D eigenvalue weighted by Crippen LogP contribution is 2.37. The van der Waals surface area contributed by atoms with Crippen molar-refractivity contribution in [3.05, 3.63) is 82.0 Å².